The Morgan fingerprint density at radius 1 is 1.25 bits per heavy atom. The number of piperidine rings is 1. The molecule has 3 heteroatoms. The summed E-state index contributed by atoms with van der Waals surface area (Å²) in [5, 5.41) is 0. The summed E-state index contributed by atoms with van der Waals surface area (Å²) in [6.45, 7) is 4.12. The summed E-state index contributed by atoms with van der Waals surface area (Å²) in [6, 6.07) is 10.0. The third-order valence-corrected chi connectivity index (χ3v) is 3.17. The predicted molar refractivity (Wildman–Crippen MR) is 69.8 cm³/mol. The van der Waals surface area contributed by atoms with Gasteiger partial charge in [0.25, 0.3) is 0 Å². The van der Waals surface area contributed by atoms with Gasteiger partial charge < -0.3 is 4.90 Å². The Balaban J connectivity index is 2.39. The Hall–Kier alpha value is -1.22. The Morgan fingerprint density at radius 2 is 1.88 bits per heavy atom. The largest absolute Gasteiger partial charge is 0.330 e. The van der Waals surface area contributed by atoms with Gasteiger partial charge in [0, 0.05) is 17.6 Å². The van der Waals surface area contributed by atoms with E-state index in [1.165, 1.54) is 0 Å². The summed E-state index contributed by atoms with van der Waals surface area (Å²) in [5.41, 5.74) is 0.860. The van der Waals surface area contributed by atoms with Crippen LogP contribution in [0.1, 0.15) is 26.7 Å². The summed E-state index contributed by atoms with van der Waals surface area (Å²) in [5.74, 6) is 0.238. The molecule has 1 aromatic carbocycles. The standard InChI is InChI=1S/C13H15NOS/c1-13(2)9-11(15)8-12(16)14(13)10-6-4-3-5-7-10/h3-7H,8-9H2,1-2H3. The number of benzene rings is 1. The Kier molecular flexibility index (Phi) is 2.80. The van der Waals surface area contributed by atoms with Crippen molar-refractivity contribution < 1.29 is 4.79 Å². The first-order chi connectivity index (χ1) is 7.50. The number of rotatable bonds is 1. The molecule has 1 fully saturated rings. The molecule has 0 spiro atoms. The molecule has 1 aliphatic heterocycles. The predicted octanol–water partition coefficient (Wildman–Crippen LogP) is 2.96. The number of hydrogen-bond donors (Lipinski definition) is 0. The summed E-state index contributed by atoms with van der Waals surface area (Å²) in [7, 11) is 0. The smallest absolute Gasteiger partial charge is 0.141 e. The minimum Gasteiger partial charge on any atom is -0.330 e. The van der Waals surface area contributed by atoms with Crippen molar-refractivity contribution in [2.75, 3.05) is 4.90 Å². The van der Waals surface area contributed by atoms with Crippen LogP contribution in [0.4, 0.5) is 5.69 Å². The Bertz CT molecular complexity index is 425. The fourth-order valence-corrected chi connectivity index (χ4v) is 2.79. The van der Waals surface area contributed by atoms with Gasteiger partial charge in [-0.05, 0) is 26.0 Å². The maximum atomic E-state index is 11.6. The first-order valence-corrected chi connectivity index (χ1v) is 5.81. The molecule has 2 rings (SSSR count). The number of carbonyl (C=O) groups excluding carboxylic acids is 1. The molecule has 0 aliphatic carbocycles. The van der Waals surface area contributed by atoms with E-state index < -0.39 is 0 Å². The zero-order valence-corrected chi connectivity index (χ0v) is 10.4. The van der Waals surface area contributed by atoms with Crippen LogP contribution in [-0.4, -0.2) is 16.3 Å². The highest BCUT2D eigenvalue weighted by Crippen LogP contribution is 2.32. The molecule has 16 heavy (non-hydrogen) atoms. The van der Waals surface area contributed by atoms with Gasteiger partial charge in [0.1, 0.15) is 5.78 Å². The molecule has 2 nitrogen and oxygen atoms in total. The van der Waals surface area contributed by atoms with Crippen molar-refractivity contribution in [3.63, 3.8) is 0 Å². The normalized spacial score (nSPS) is 20.0. The second-order valence-electron chi connectivity index (χ2n) is 4.77. The van der Waals surface area contributed by atoms with Crippen molar-refractivity contribution in [3.8, 4) is 0 Å². The van der Waals surface area contributed by atoms with Crippen LogP contribution in [0.3, 0.4) is 0 Å². The Morgan fingerprint density at radius 3 is 2.44 bits per heavy atom. The quantitative estimate of drug-likeness (QED) is 0.696. The number of Topliss-reactive ketones (excluding diaryl/α,β-unsaturated/α-hetero) is 1. The zero-order valence-electron chi connectivity index (χ0n) is 9.56. The number of para-hydroxylation sites is 1. The van der Waals surface area contributed by atoms with Crippen molar-refractivity contribution in [1.29, 1.82) is 0 Å². The maximum absolute atomic E-state index is 11.6. The van der Waals surface area contributed by atoms with Crippen LogP contribution in [0.2, 0.25) is 0 Å². The Labute approximate surface area is 101 Å². The monoisotopic (exact) mass is 233 g/mol. The third-order valence-electron chi connectivity index (χ3n) is 2.85. The van der Waals surface area contributed by atoms with Crippen LogP contribution in [-0.2, 0) is 4.79 Å². The van der Waals surface area contributed by atoms with Gasteiger partial charge in [-0.15, -0.1) is 0 Å². The second-order valence-corrected chi connectivity index (χ2v) is 5.24. The molecule has 1 aliphatic rings. The molecule has 0 aromatic heterocycles. The van der Waals surface area contributed by atoms with E-state index in [9.17, 15) is 4.79 Å². The summed E-state index contributed by atoms with van der Waals surface area (Å²) in [4.78, 5) is 14.4. The first-order valence-electron chi connectivity index (χ1n) is 5.40. The van der Waals surface area contributed by atoms with E-state index in [0.29, 0.717) is 12.8 Å². The number of ketones is 1. The number of carbonyl (C=O) groups is 1. The molecule has 1 saturated heterocycles. The van der Waals surface area contributed by atoms with E-state index in [2.05, 4.69) is 18.7 Å². The minimum atomic E-state index is -0.215. The zero-order chi connectivity index (χ0) is 11.8. The van der Waals surface area contributed by atoms with Crippen LogP contribution in [0.15, 0.2) is 30.3 Å². The van der Waals surface area contributed by atoms with E-state index in [4.69, 9.17) is 12.2 Å². The molecule has 1 heterocycles. The molecule has 1 aromatic rings. The SMILES string of the molecule is CC1(C)CC(=O)CC(=S)N1c1ccccc1. The van der Waals surface area contributed by atoms with Crippen LogP contribution >= 0.6 is 12.2 Å². The number of thiocarbonyl (C=S) groups is 1. The van der Waals surface area contributed by atoms with Gasteiger partial charge in [-0.1, -0.05) is 30.4 Å². The van der Waals surface area contributed by atoms with Crippen molar-refractivity contribution in [2.45, 2.75) is 32.2 Å². The van der Waals surface area contributed by atoms with Gasteiger partial charge in [-0.2, -0.15) is 0 Å². The van der Waals surface area contributed by atoms with Crippen molar-refractivity contribution in [1.82, 2.24) is 0 Å². The van der Waals surface area contributed by atoms with Gasteiger partial charge >= 0.3 is 0 Å². The molecule has 0 bridgehead atoms. The van der Waals surface area contributed by atoms with Crippen molar-refractivity contribution in [2.24, 2.45) is 0 Å². The molecule has 0 saturated carbocycles. The minimum absolute atomic E-state index is 0.215. The summed E-state index contributed by atoms with van der Waals surface area (Å²) >= 11 is 5.34. The van der Waals surface area contributed by atoms with E-state index in [1.54, 1.807) is 0 Å². The second kappa shape index (κ2) is 3.98. The van der Waals surface area contributed by atoms with Gasteiger partial charge in [0.2, 0.25) is 0 Å². The van der Waals surface area contributed by atoms with Crippen LogP contribution in [0, 0.1) is 0 Å². The summed E-state index contributed by atoms with van der Waals surface area (Å²) < 4.78 is 0. The van der Waals surface area contributed by atoms with Crippen LogP contribution in [0.25, 0.3) is 0 Å². The number of nitrogens with zero attached hydrogens (tertiary/aromatic N) is 1. The van der Waals surface area contributed by atoms with E-state index in [-0.39, 0.29) is 11.3 Å². The molecule has 84 valence electrons. The third kappa shape index (κ3) is 2.00. The van der Waals surface area contributed by atoms with Crippen LogP contribution < -0.4 is 4.90 Å². The molecular weight excluding hydrogens is 218 g/mol. The highest BCUT2D eigenvalue weighted by Gasteiger charge is 2.37. The van der Waals surface area contributed by atoms with E-state index in [0.717, 1.165) is 10.7 Å². The molecule has 0 amide bonds. The molecular formula is C13H15NOS. The average Bonchev–Trinajstić information content (AvgIpc) is 2.15. The lowest BCUT2D eigenvalue weighted by Gasteiger charge is -2.43. The topological polar surface area (TPSA) is 20.3 Å². The van der Waals surface area contributed by atoms with E-state index in [1.807, 2.05) is 30.3 Å². The van der Waals surface area contributed by atoms with Gasteiger partial charge in [-0.3, -0.25) is 4.79 Å². The van der Waals surface area contributed by atoms with Crippen LogP contribution in [0.5, 0.6) is 0 Å². The molecule has 0 N–H and O–H groups in total. The van der Waals surface area contributed by atoms with Crippen molar-refractivity contribution >= 4 is 28.7 Å². The van der Waals surface area contributed by atoms with E-state index >= 15 is 0 Å². The number of anilines is 1. The molecule has 0 atom stereocenters. The fraction of sp³-hybridized carbons (Fsp3) is 0.385. The molecule has 0 radical (unpaired) electrons. The lowest BCUT2D eigenvalue weighted by Crippen LogP contribution is -2.53. The number of hydrogen-bond acceptors (Lipinski definition) is 2. The maximum Gasteiger partial charge on any atom is 0.141 e. The first kappa shape index (κ1) is 11.3. The lowest BCUT2D eigenvalue weighted by molar-refractivity contribution is -0.119. The molecule has 0 unspecified atom stereocenters. The summed E-state index contributed by atoms with van der Waals surface area (Å²) in [6.07, 6.45) is 0.954. The highest BCUT2D eigenvalue weighted by atomic mass is 32.1. The van der Waals surface area contributed by atoms with Gasteiger partial charge in [-0.25, -0.2) is 0 Å². The van der Waals surface area contributed by atoms with Gasteiger partial charge in [0.05, 0.1) is 11.4 Å². The van der Waals surface area contributed by atoms with Crippen molar-refractivity contribution in [3.05, 3.63) is 30.3 Å². The average molecular weight is 233 g/mol. The highest BCUT2D eigenvalue weighted by molar-refractivity contribution is 7.80. The lowest BCUT2D eigenvalue weighted by atomic mass is 9.89. The van der Waals surface area contributed by atoms with Gasteiger partial charge in [0.15, 0.2) is 0 Å². The fourth-order valence-electron chi connectivity index (χ4n) is 2.28.